The Morgan fingerprint density at radius 2 is 1.91 bits per heavy atom. The summed E-state index contributed by atoms with van der Waals surface area (Å²) < 4.78 is 39.4. The highest BCUT2D eigenvalue weighted by Crippen LogP contribution is 2.26. The number of sulfonamides is 1. The highest BCUT2D eigenvalue weighted by molar-refractivity contribution is 7.92. The van der Waals surface area contributed by atoms with Crippen LogP contribution in [0.5, 0.6) is 0 Å². The summed E-state index contributed by atoms with van der Waals surface area (Å²) in [5.41, 5.74) is -0.0793. The zero-order valence-electron chi connectivity index (χ0n) is 12.8. The average molecular weight is 328 g/mol. The molecule has 1 aliphatic rings. The lowest BCUT2D eigenvalue weighted by Crippen LogP contribution is -2.50. The summed E-state index contributed by atoms with van der Waals surface area (Å²) in [6.45, 7) is 2.99. The lowest BCUT2D eigenvalue weighted by molar-refractivity contribution is -0.131. The molecule has 0 spiro atoms. The molecule has 1 heterocycles. The SMILES string of the molecule is CCC(C(=O)N1CCCC1)N(c1ccccc1F)S(C)(=O)=O. The van der Waals surface area contributed by atoms with Gasteiger partial charge in [0.2, 0.25) is 15.9 Å². The number of anilines is 1. The van der Waals surface area contributed by atoms with E-state index in [0.29, 0.717) is 13.1 Å². The molecule has 0 aliphatic carbocycles. The van der Waals surface area contributed by atoms with Gasteiger partial charge < -0.3 is 4.90 Å². The topological polar surface area (TPSA) is 57.7 Å². The van der Waals surface area contributed by atoms with E-state index >= 15 is 0 Å². The molecule has 0 bridgehead atoms. The number of carbonyl (C=O) groups excluding carboxylic acids is 1. The minimum atomic E-state index is -3.78. The molecule has 5 nitrogen and oxygen atoms in total. The Labute approximate surface area is 130 Å². The molecule has 0 aromatic heterocycles. The number of hydrogen-bond donors (Lipinski definition) is 0. The van der Waals surface area contributed by atoms with Crippen LogP contribution in [-0.4, -0.2) is 44.6 Å². The maximum absolute atomic E-state index is 14.1. The lowest BCUT2D eigenvalue weighted by Gasteiger charge is -2.32. The van der Waals surface area contributed by atoms with Crippen LogP contribution < -0.4 is 4.31 Å². The van der Waals surface area contributed by atoms with Crippen LogP contribution in [0.1, 0.15) is 26.2 Å². The van der Waals surface area contributed by atoms with E-state index in [1.54, 1.807) is 17.9 Å². The molecule has 0 saturated carbocycles. The lowest BCUT2D eigenvalue weighted by atomic mass is 10.1. The van der Waals surface area contributed by atoms with Crippen LogP contribution in [-0.2, 0) is 14.8 Å². The van der Waals surface area contributed by atoms with Crippen molar-refractivity contribution in [2.24, 2.45) is 0 Å². The number of amides is 1. The number of likely N-dealkylation sites (tertiary alicyclic amines) is 1. The first-order valence-electron chi connectivity index (χ1n) is 7.39. The van der Waals surface area contributed by atoms with Crippen LogP contribution in [0, 0.1) is 5.82 Å². The van der Waals surface area contributed by atoms with Gasteiger partial charge in [0.05, 0.1) is 11.9 Å². The van der Waals surface area contributed by atoms with Crippen molar-refractivity contribution in [3.63, 3.8) is 0 Å². The monoisotopic (exact) mass is 328 g/mol. The Hall–Kier alpha value is -1.63. The zero-order chi connectivity index (χ0) is 16.3. The summed E-state index contributed by atoms with van der Waals surface area (Å²) >= 11 is 0. The number of hydrogen-bond acceptors (Lipinski definition) is 3. The molecular formula is C15H21FN2O3S. The van der Waals surface area contributed by atoms with E-state index in [2.05, 4.69) is 0 Å². The van der Waals surface area contributed by atoms with Crippen LogP contribution in [0.4, 0.5) is 10.1 Å². The van der Waals surface area contributed by atoms with Gasteiger partial charge in [-0.15, -0.1) is 0 Å². The molecular weight excluding hydrogens is 307 g/mol. The van der Waals surface area contributed by atoms with Crippen molar-refractivity contribution in [3.8, 4) is 0 Å². The highest BCUT2D eigenvalue weighted by Gasteiger charge is 2.36. The second-order valence-electron chi connectivity index (χ2n) is 5.47. The summed E-state index contributed by atoms with van der Waals surface area (Å²) in [6, 6.07) is 4.72. The molecule has 1 unspecified atom stereocenters. The Morgan fingerprint density at radius 3 is 2.41 bits per heavy atom. The van der Waals surface area contributed by atoms with Gasteiger partial charge in [0.1, 0.15) is 11.9 Å². The van der Waals surface area contributed by atoms with E-state index in [0.717, 1.165) is 23.4 Å². The normalized spacial score (nSPS) is 16.6. The van der Waals surface area contributed by atoms with Crippen molar-refractivity contribution in [2.45, 2.75) is 32.2 Å². The molecule has 7 heteroatoms. The van der Waals surface area contributed by atoms with E-state index < -0.39 is 21.9 Å². The summed E-state index contributed by atoms with van der Waals surface area (Å²) in [7, 11) is -3.78. The minimum absolute atomic E-state index is 0.0793. The van der Waals surface area contributed by atoms with Gasteiger partial charge >= 0.3 is 0 Å². The second kappa shape index (κ2) is 6.64. The smallest absolute Gasteiger partial charge is 0.246 e. The van der Waals surface area contributed by atoms with Crippen LogP contribution in [0.2, 0.25) is 0 Å². The molecule has 1 amide bonds. The minimum Gasteiger partial charge on any atom is -0.341 e. The summed E-state index contributed by atoms with van der Waals surface area (Å²) in [5.74, 6) is -0.908. The van der Waals surface area contributed by atoms with E-state index in [4.69, 9.17) is 0 Å². The summed E-state index contributed by atoms with van der Waals surface area (Å²) in [5, 5.41) is 0. The third-order valence-corrected chi connectivity index (χ3v) is 4.99. The number of nitrogens with zero attached hydrogens (tertiary/aromatic N) is 2. The number of para-hydroxylation sites is 1. The van der Waals surface area contributed by atoms with Crippen LogP contribution >= 0.6 is 0 Å². The second-order valence-corrected chi connectivity index (χ2v) is 7.33. The van der Waals surface area contributed by atoms with Gasteiger partial charge in [0.15, 0.2) is 0 Å². The molecule has 1 saturated heterocycles. The van der Waals surface area contributed by atoms with Crippen molar-refractivity contribution in [1.29, 1.82) is 0 Å². The largest absolute Gasteiger partial charge is 0.341 e. The van der Waals surface area contributed by atoms with Gasteiger partial charge in [-0.1, -0.05) is 19.1 Å². The van der Waals surface area contributed by atoms with Gasteiger partial charge in [-0.2, -0.15) is 0 Å². The third-order valence-electron chi connectivity index (χ3n) is 3.82. The van der Waals surface area contributed by atoms with Crippen molar-refractivity contribution in [1.82, 2.24) is 4.90 Å². The van der Waals surface area contributed by atoms with E-state index in [1.165, 1.54) is 18.2 Å². The highest BCUT2D eigenvalue weighted by atomic mass is 32.2. The molecule has 1 fully saturated rings. The Morgan fingerprint density at radius 1 is 1.32 bits per heavy atom. The number of carbonyl (C=O) groups is 1. The predicted molar refractivity (Wildman–Crippen MR) is 83.6 cm³/mol. The summed E-state index contributed by atoms with van der Waals surface area (Å²) in [6.07, 6.45) is 3.12. The van der Waals surface area contributed by atoms with Gasteiger partial charge in [0.25, 0.3) is 0 Å². The van der Waals surface area contributed by atoms with Crippen LogP contribution in [0.25, 0.3) is 0 Å². The van der Waals surface area contributed by atoms with Crippen molar-refractivity contribution in [2.75, 3.05) is 23.7 Å². The van der Waals surface area contributed by atoms with Crippen molar-refractivity contribution < 1.29 is 17.6 Å². The first-order valence-corrected chi connectivity index (χ1v) is 9.23. The Kier molecular flexibility index (Phi) is 5.05. The fourth-order valence-corrected chi connectivity index (χ4v) is 4.00. The molecule has 0 N–H and O–H groups in total. The molecule has 22 heavy (non-hydrogen) atoms. The predicted octanol–water partition coefficient (Wildman–Crippen LogP) is 1.99. The fourth-order valence-electron chi connectivity index (χ4n) is 2.80. The first-order chi connectivity index (χ1) is 10.4. The van der Waals surface area contributed by atoms with Crippen molar-refractivity contribution in [3.05, 3.63) is 30.1 Å². The maximum Gasteiger partial charge on any atom is 0.246 e. The Balaban J connectivity index is 2.43. The molecule has 1 aromatic rings. The van der Waals surface area contributed by atoms with E-state index in [1.807, 2.05) is 0 Å². The number of halogens is 1. The molecule has 122 valence electrons. The van der Waals surface area contributed by atoms with Gasteiger partial charge in [0, 0.05) is 13.1 Å². The molecule has 0 radical (unpaired) electrons. The van der Waals surface area contributed by atoms with E-state index in [9.17, 15) is 17.6 Å². The number of rotatable bonds is 5. The molecule has 1 atom stereocenters. The number of benzene rings is 1. The van der Waals surface area contributed by atoms with Gasteiger partial charge in [-0.05, 0) is 31.4 Å². The quantitative estimate of drug-likeness (QED) is 0.830. The average Bonchev–Trinajstić information content (AvgIpc) is 2.98. The van der Waals surface area contributed by atoms with Crippen molar-refractivity contribution >= 4 is 21.6 Å². The van der Waals surface area contributed by atoms with E-state index in [-0.39, 0.29) is 18.0 Å². The standard InChI is InChI=1S/C15H21FN2O3S/c1-3-13(15(19)17-10-6-7-11-17)18(22(2,20)21)14-9-5-4-8-12(14)16/h4-5,8-9,13H,3,6-7,10-11H2,1-2H3. The van der Waals surface area contributed by atoms with Crippen LogP contribution in [0.15, 0.2) is 24.3 Å². The first kappa shape index (κ1) is 16.7. The molecule has 1 aliphatic heterocycles. The summed E-state index contributed by atoms with van der Waals surface area (Å²) in [4.78, 5) is 14.3. The molecule has 2 rings (SSSR count). The fraction of sp³-hybridized carbons (Fsp3) is 0.533. The van der Waals surface area contributed by atoms with Gasteiger partial charge in [-0.25, -0.2) is 12.8 Å². The van der Waals surface area contributed by atoms with Gasteiger partial charge in [-0.3, -0.25) is 9.10 Å². The zero-order valence-corrected chi connectivity index (χ0v) is 13.6. The van der Waals surface area contributed by atoms with Crippen LogP contribution in [0.3, 0.4) is 0 Å². The third kappa shape index (κ3) is 3.40. The Bertz CT molecular complexity index is 642. The molecule has 1 aromatic carbocycles. The maximum atomic E-state index is 14.1.